The summed E-state index contributed by atoms with van der Waals surface area (Å²) >= 11 is 0. The average molecular weight is 656 g/mol. The van der Waals surface area contributed by atoms with Crippen LogP contribution in [0.4, 0.5) is 0 Å². The monoisotopic (exact) mass is 655 g/mol. The summed E-state index contributed by atoms with van der Waals surface area (Å²) in [4.78, 5) is 12.6. The fourth-order valence-electron chi connectivity index (χ4n) is 6.69. The van der Waals surface area contributed by atoms with Crippen molar-refractivity contribution in [3.05, 3.63) is 198 Å². The lowest BCUT2D eigenvalue weighted by molar-refractivity contribution is -0.143. The Kier molecular flexibility index (Phi) is 9.67. The number of nitrogens with one attached hydrogen (secondary N) is 1. The third kappa shape index (κ3) is 6.46. The van der Waals surface area contributed by atoms with E-state index in [1.165, 1.54) is 7.11 Å². The van der Waals surface area contributed by atoms with Gasteiger partial charge >= 0.3 is 5.97 Å². The van der Waals surface area contributed by atoms with Crippen molar-refractivity contribution in [2.75, 3.05) is 7.11 Å². The molecule has 7 nitrogen and oxygen atoms in total. The highest BCUT2D eigenvalue weighted by Crippen LogP contribution is 2.43. The predicted octanol–water partition coefficient (Wildman–Crippen LogP) is 7.72. The molecule has 1 aromatic heterocycles. The van der Waals surface area contributed by atoms with E-state index in [-0.39, 0.29) is 5.97 Å². The van der Waals surface area contributed by atoms with Crippen LogP contribution >= 0.6 is 0 Å². The number of tetrazole rings is 1. The third-order valence-corrected chi connectivity index (χ3v) is 9.12. The summed E-state index contributed by atoms with van der Waals surface area (Å²) in [5.74, 6) is 0.361. The smallest absolute Gasteiger partial charge is 0.323 e. The minimum Gasteiger partial charge on any atom is -0.468 e. The molecule has 0 saturated carbocycles. The Balaban J connectivity index is 1.26. The van der Waals surface area contributed by atoms with E-state index in [1.807, 2.05) is 65.3 Å². The van der Waals surface area contributed by atoms with Crippen molar-refractivity contribution in [2.45, 2.75) is 24.5 Å². The maximum atomic E-state index is 12.6. The average Bonchev–Trinajstić information content (AvgIpc) is 3.68. The number of nitrogens with zero attached hydrogens (tertiary/aromatic N) is 4. The number of benzene rings is 6. The minimum absolute atomic E-state index is 0.283. The van der Waals surface area contributed by atoms with E-state index in [4.69, 9.17) is 9.95 Å². The largest absolute Gasteiger partial charge is 0.468 e. The van der Waals surface area contributed by atoms with Crippen molar-refractivity contribution < 1.29 is 9.53 Å². The summed E-state index contributed by atoms with van der Waals surface area (Å²) in [7, 11) is 1.42. The topological polar surface area (TPSA) is 81.9 Å². The predicted molar refractivity (Wildman–Crippen MR) is 196 cm³/mol. The molecular weight excluding hydrogens is 619 g/mol. The van der Waals surface area contributed by atoms with Crippen molar-refractivity contribution in [1.29, 1.82) is 0 Å². The van der Waals surface area contributed by atoms with E-state index in [2.05, 4.69) is 125 Å². The normalized spacial score (nSPS) is 11.9. The Bertz CT molecular complexity index is 2040. The highest BCUT2D eigenvalue weighted by atomic mass is 16.5. The summed E-state index contributed by atoms with van der Waals surface area (Å²) in [6.07, 6.45) is 0.546. The first-order valence-corrected chi connectivity index (χ1v) is 16.7. The zero-order valence-corrected chi connectivity index (χ0v) is 27.8. The van der Waals surface area contributed by atoms with Gasteiger partial charge in [0.1, 0.15) is 11.6 Å². The lowest BCUT2D eigenvalue weighted by Gasteiger charge is -2.36. The highest BCUT2D eigenvalue weighted by molar-refractivity contribution is 5.81. The number of esters is 1. The zero-order valence-electron chi connectivity index (χ0n) is 27.8. The first kappa shape index (κ1) is 32.4. The van der Waals surface area contributed by atoms with Gasteiger partial charge in [-0.05, 0) is 55.8 Å². The molecule has 7 aromatic rings. The molecule has 0 aliphatic rings. The minimum atomic E-state index is -0.860. The van der Waals surface area contributed by atoms with Gasteiger partial charge < -0.3 is 10.1 Å². The van der Waals surface area contributed by atoms with Crippen LogP contribution in [0.15, 0.2) is 170 Å². The van der Waals surface area contributed by atoms with Gasteiger partial charge in [-0.15, -0.1) is 5.10 Å². The van der Waals surface area contributed by atoms with E-state index in [0.29, 0.717) is 18.8 Å². The fourth-order valence-corrected chi connectivity index (χ4v) is 6.69. The lowest BCUT2D eigenvalue weighted by Crippen LogP contribution is -2.39. The van der Waals surface area contributed by atoms with E-state index in [1.54, 1.807) is 0 Å². The molecule has 0 fully saturated rings. The number of hydrogen-bond acceptors (Lipinski definition) is 6. The van der Waals surface area contributed by atoms with Gasteiger partial charge in [0, 0.05) is 12.1 Å². The molecule has 1 atom stereocenters. The van der Waals surface area contributed by atoms with Gasteiger partial charge in [0.2, 0.25) is 0 Å². The Hall–Kier alpha value is -6.18. The third-order valence-electron chi connectivity index (χ3n) is 9.12. The van der Waals surface area contributed by atoms with Crippen LogP contribution in [0, 0.1) is 0 Å². The van der Waals surface area contributed by atoms with Gasteiger partial charge in [-0.1, -0.05) is 170 Å². The molecule has 1 N–H and O–H groups in total. The number of hydrogen-bond donors (Lipinski definition) is 1. The van der Waals surface area contributed by atoms with E-state index in [9.17, 15) is 4.79 Å². The van der Waals surface area contributed by atoms with Gasteiger partial charge in [0.25, 0.3) is 0 Å². The van der Waals surface area contributed by atoms with Crippen molar-refractivity contribution >= 4 is 5.97 Å². The first-order valence-electron chi connectivity index (χ1n) is 16.7. The summed E-state index contributed by atoms with van der Waals surface area (Å²) in [5.41, 5.74) is 7.31. The Labute approximate surface area is 292 Å². The molecule has 0 saturated heterocycles. The molecule has 246 valence electrons. The quantitative estimate of drug-likeness (QED) is 0.107. The molecule has 0 spiro atoms. The van der Waals surface area contributed by atoms with Gasteiger partial charge in [0.15, 0.2) is 5.82 Å². The van der Waals surface area contributed by atoms with Crippen LogP contribution in [0.5, 0.6) is 0 Å². The second-order valence-corrected chi connectivity index (χ2v) is 12.1. The molecule has 0 bridgehead atoms. The summed E-state index contributed by atoms with van der Waals surface area (Å²) in [5, 5.41) is 17.1. The molecule has 0 aliphatic heterocycles. The molecule has 0 radical (unpaired) electrons. The van der Waals surface area contributed by atoms with Crippen molar-refractivity contribution in [2.24, 2.45) is 0 Å². The van der Waals surface area contributed by atoms with E-state index >= 15 is 0 Å². The van der Waals surface area contributed by atoms with Crippen LogP contribution < -0.4 is 5.32 Å². The highest BCUT2D eigenvalue weighted by Gasteiger charge is 2.42. The van der Waals surface area contributed by atoms with E-state index < -0.39 is 11.6 Å². The van der Waals surface area contributed by atoms with E-state index in [0.717, 1.165) is 44.5 Å². The van der Waals surface area contributed by atoms with Gasteiger partial charge in [0.05, 0.1) is 7.11 Å². The number of methoxy groups -OCH3 is 1. The number of carbonyl (C=O) groups excluding carboxylic acids is 1. The van der Waals surface area contributed by atoms with Crippen molar-refractivity contribution in [3.63, 3.8) is 0 Å². The number of ether oxygens (including phenoxy) is 1. The Morgan fingerprint density at radius 1 is 0.640 bits per heavy atom. The number of carbonyl (C=O) groups is 1. The Morgan fingerprint density at radius 2 is 1.14 bits per heavy atom. The second kappa shape index (κ2) is 14.9. The van der Waals surface area contributed by atoms with Crippen molar-refractivity contribution in [3.8, 4) is 22.5 Å². The molecule has 7 rings (SSSR count). The summed E-state index contributed by atoms with van der Waals surface area (Å²) in [6.45, 7) is 0.514. The summed E-state index contributed by atoms with van der Waals surface area (Å²) < 4.78 is 7.06. The van der Waals surface area contributed by atoms with Crippen LogP contribution in [0.3, 0.4) is 0 Å². The maximum absolute atomic E-state index is 12.6. The SMILES string of the molecule is COC(=O)[C@H](Cc1ccccc1)NCc1ccc(-c2ccccc2-c2nnnn2C(c2ccccc2)(c2ccccc2)c2ccccc2)cc1. The van der Waals surface area contributed by atoms with Gasteiger partial charge in [-0.2, -0.15) is 0 Å². The van der Waals surface area contributed by atoms with Crippen LogP contribution in [0.2, 0.25) is 0 Å². The number of rotatable bonds is 12. The molecule has 1 heterocycles. The van der Waals surface area contributed by atoms with Crippen LogP contribution in [0.1, 0.15) is 27.8 Å². The maximum Gasteiger partial charge on any atom is 0.323 e. The molecule has 6 aromatic carbocycles. The molecular formula is C43H37N5O2. The van der Waals surface area contributed by atoms with Crippen molar-refractivity contribution in [1.82, 2.24) is 25.5 Å². The number of aromatic nitrogens is 4. The van der Waals surface area contributed by atoms with Gasteiger partial charge in [-0.3, -0.25) is 4.79 Å². The second-order valence-electron chi connectivity index (χ2n) is 12.1. The first-order chi connectivity index (χ1) is 24.7. The molecule has 7 heteroatoms. The van der Waals surface area contributed by atoms with Crippen LogP contribution in [0.25, 0.3) is 22.5 Å². The molecule has 50 heavy (non-hydrogen) atoms. The molecule has 0 unspecified atom stereocenters. The summed E-state index contributed by atoms with van der Waals surface area (Å²) in [6, 6.07) is 57.3. The fraction of sp³-hybridized carbons (Fsp3) is 0.116. The van der Waals surface area contributed by atoms with Gasteiger partial charge in [-0.25, -0.2) is 4.68 Å². The van der Waals surface area contributed by atoms with Crippen LogP contribution in [-0.2, 0) is 28.0 Å². The molecule has 0 aliphatic carbocycles. The lowest BCUT2D eigenvalue weighted by atomic mass is 9.77. The standard InChI is InChI=1S/C43H37N5O2/c1-50-42(49)40(30-32-16-6-2-7-17-32)44-31-33-26-28-34(29-27-33)38-24-14-15-25-39(38)41-45-46-47-48(41)43(35-18-8-3-9-19-35,36-20-10-4-11-21-36)37-22-12-5-13-23-37/h2-29,40,44H,30-31H2,1H3/t40-/m0/s1. The van der Waals surface area contributed by atoms with Crippen LogP contribution in [-0.4, -0.2) is 39.3 Å². The molecule has 0 amide bonds. The Morgan fingerprint density at radius 3 is 1.68 bits per heavy atom. The zero-order chi connectivity index (χ0) is 34.2.